The van der Waals surface area contributed by atoms with Gasteiger partial charge in [0.25, 0.3) is 0 Å². The molecular formula is C20H15ClN2O3. The Hall–Kier alpha value is -3.10. The fourth-order valence-corrected chi connectivity index (χ4v) is 2.83. The predicted molar refractivity (Wildman–Crippen MR) is 98.2 cm³/mol. The van der Waals surface area contributed by atoms with Crippen LogP contribution in [-0.2, 0) is 11.3 Å². The molecule has 3 rings (SSSR count). The number of aryl methyl sites for hydroxylation is 1. The molecule has 0 atom stereocenters. The van der Waals surface area contributed by atoms with Gasteiger partial charge in [-0.15, -0.1) is 0 Å². The first kappa shape index (κ1) is 17.7. The molecule has 0 aliphatic rings. The molecule has 3 aromatic rings. The highest BCUT2D eigenvalue weighted by Crippen LogP contribution is 2.22. The predicted octanol–water partition coefficient (Wildman–Crippen LogP) is 4.25. The number of nitrogens with zero attached hydrogens (tertiary/aromatic N) is 2. The first-order valence-electron chi connectivity index (χ1n) is 8.01. The number of hydrogen-bond donors (Lipinski definition) is 0. The fraction of sp³-hybridized carbons (Fsp3) is 0.150. The van der Waals surface area contributed by atoms with Gasteiger partial charge in [0.2, 0.25) is 5.78 Å². The minimum absolute atomic E-state index is 0.292. The van der Waals surface area contributed by atoms with E-state index in [9.17, 15) is 9.59 Å². The molecule has 0 fully saturated rings. The number of hydrogen-bond acceptors (Lipinski definition) is 4. The lowest BCUT2D eigenvalue weighted by Crippen LogP contribution is -2.14. The molecule has 0 aliphatic carbocycles. The summed E-state index contributed by atoms with van der Waals surface area (Å²) >= 11 is 5.79. The van der Waals surface area contributed by atoms with Gasteiger partial charge in [-0.2, -0.15) is 5.26 Å². The van der Waals surface area contributed by atoms with E-state index in [1.807, 2.05) is 28.8 Å². The van der Waals surface area contributed by atoms with Crippen LogP contribution in [0.3, 0.4) is 0 Å². The van der Waals surface area contributed by atoms with Crippen molar-refractivity contribution in [3.05, 3.63) is 70.9 Å². The molecule has 0 amide bonds. The van der Waals surface area contributed by atoms with Crippen molar-refractivity contribution in [1.82, 2.24) is 4.57 Å². The zero-order valence-electron chi connectivity index (χ0n) is 13.8. The van der Waals surface area contributed by atoms with Crippen LogP contribution in [0.25, 0.3) is 10.9 Å². The number of ketones is 1. The summed E-state index contributed by atoms with van der Waals surface area (Å²) in [6.07, 6.45) is 2.05. The lowest BCUT2D eigenvalue weighted by molar-refractivity contribution is 0.0475. The number of ether oxygens (including phenoxy) is 1. The summed E-state index contributed by atoms with van der Waals surface area (Å²) in [4.78, 5) is 24.6. The SMILES string of the molecule is N#CCCn1cc(C(=O)COC(=O)c2ccc(Cl)cc2)c2ccccc21. The second kappa shape index (κ2) is 7.85. The van der Waals surface area contributed by atoms with Gasteiger partial charge in [-0.25, -0.2) is 4.79 Å². The molecule has 1 heterocycles. The Morgan fingerprint density at radius 1 is 1.12 bits per heavy atom. The molecule has 0 radical (unpaired) electrons. The number of benzene rings is 2. The molecule has 5 nitrogen and oxygen atoms in total. The average Bonchev–Trinajstić information content (AvgIpc) is 3.03. The van der Waals surface area contributed by atoms with Gasteiger partial charge in [0, 0.05) is 34.2 Å². The normalized spacial score (nSPS) is 10.5. The van der Waals surface area contributed by atoms with E-state index >= 15 is 0 Å². The molecule has 0 aliphatic heterocycles. The van der Waals surface area contributed by atoms with Crippen LogP contribution in [0, 0.1) is 11.3 Å². The van der Waals surface area contributed by atoms with Crippen LogP contribution in [-0.4, -0.2) is 22.9 Å². The molecule has 0 N–H and O–H groups in total. The van der Waals surface area contributed by atoms with Crippen molar-refractivity contribution in [3.63, 3.8) is 0 Å². The van der Waals surface area contributed by atoms with Crippen LogP contribution in [0.4, 0.5) is 0 Å². The monoisotopic (exact) mass is 366 g/mol. The maximum atomic E-state index is 12.6. The third kappa shape index (κ3) is 3.76. The number of esters is 1. The maximum absolute atomic E-state index is 12.6. The van der Waals surface area contributed by atoms with Crippen molar-refractivity contribution >= 4 is 34.3 Å². The summed E-state index contributed by atoms with van der Waals surface area (Å²) < 4.78 is 7.00. The van der Waals surface area contributed by atoms with E-state index in [4.69, 9.17) is 21.6 Å². The van der Waals surface area contributed by atoms with Crippen LogP contribution in [0.5, 0.6) is 0 Å². The number of Topliss-reactive ketones (excluding diaryl/α,β-unsaturated/α-hetero) is 1. The number of para-hydroxylation sites is 1. The fourth-order valence-electron chi connectivity index (χ4n) is 2.70. The summed E-state index contributed by atoms with van der Waals surface area (Å²) in [7, 11) is 0. The highest BCUT2D eigenvalue weighted by Gasteiger charge is 2.17. The standard InChI is InChI=1S/C20H15ClN2O3/c21-15-8-6-14(7-9-15)20(25)26-13-19(24)17-12-23(11-3-10-22)18-5-2-1-4-16(17)18/h1-2,4-9,12H,3,11,13H2. The molecule has 2 aromatic carbocycles. The molecule has 0 unspecified atom stereocenters. The molecule has 0 saturated heterocycles. The zero-order valence-corrected chi connectivity index (χ0v) is 14.6. The molecule has 130 valence electrons. The van der Waals surface area contributed by atoms with Gasteiger partial charge >= 0.3 is 5.97 Å². The van der Waals surface area contributed by atoms with Gasteiger partial charge in [-0.3, -0.25) is 4.79 Å². The van der Waals surface area contributed by atoms with Gasteiger partial charge in [-0.05, 0) is 30.3 Å². The lowest BCUT2D eigenvalue weighted by Gasteiger charge is -2.04. The van der Waals surface area contributed by atoms with E-state index in [0.717, 1.165) is 10.9 Å². The number of carbonyl (C=O) groups is 2. The highest BCUT2D eigenvalue weighted by molar-refractivity contribution is 6.30. The van der Waals surface area contributed by atoms with E-state index in [2.05, 4.69) is 6.07 Å². The van der Waals surface area contributed by atoms with E-state index in [1.165, 1.54) is 0 Å². The summed E-state index contributed by atoms with van der Waals surface area (Å²) in [5.41, 5.74) is 1.68. The maximum Gasteiger partial charge on any atom is 0.338 e. The van der Waals surface area contributed by atoms with Crippen LogP contribution in [0.2, 0.25) is 5.02 Å². The second-order valence-corrected chi connectivity index (χ2v) is 6.10. The minimum Gasteiger partial charge on any atom is -0.454 e. The van der Waals surface area contributed by atoms with Crippen LogP contribution >= 0.6 is 11.6 Å². The number of carbonyl (C=O) groups excluding carboxylic acids is 2. The van der Waals surface area contributed by atoms with E-state index in [-0.39, 0.29) is 12.4 Å². The van der Waals surface area contributed by atoms with Gasteiger partial charge < -0.3 is 9.30 Å². The summed E-state index contributed by atoms with van der Waals surface area (Å²) in [5.74, 6) is -0.873. The molecule has 1 aromatic heterocycles. The average molecular weight is 367 g/mol. The van der Waals surface area contributed by atoms with Crippen molar-refractivity contribution in [1.29, 1.82) is 5.26 Å². The van der Waals surface area contributed by atoms with Crippen molar-refractivity contribution in [2.75, 3.05) is 6.61 Å². The number of halogens is 1. The molecule has 0 bridgehead atoms. The van der Waals surface area contributed by atoms with Crippen molar-refractivity contribution in [2.24, 2.45) is 0 Å². The van der Waals surface area contributed by atoms with Crippen LogP contribution in [0.1, 0.15) is 27.1 Å². The van der Waals surface area contributed by atoms with Gasteiger partial charge in [0.05, 0.1) is 18.1 Å². The Labute approximate surface area is 155 Å². The number of fused-ring (bicyclic) bond motifs is 1. The minimum atomic E-state index is -0.580. The Balaban J connectivity index is 1.76. The van der Waals surface area contributed by atoms with E-state index < -0.39 is 5.97 Å². The smallest absolute Gasteiger partial charge is 0.338 e. The quantitative estimate of drug-likeness (QED) is 0.483. The number of nitriles is 1. The Morgan fingerprint density at radius 3 is 2.58 bits per heavy atom. The van der Waals surface area contributed by atoms with Crippen molar-refractivity contribution < 1.29 is 14.3 Å². The summed E-state index contributed by atoms with van der Waals surface area (Å²) in [5, 5.41) is 10.1. The highest BCUT2D eigenvalue weighted by atomic mass is 35.5. The Kier molecular flexibility index (Phi) is 5.35. The molecule has 6 heteroatoms. The molecule has 26 heavy (non-hydrogen) atoms. The first-order chi connectivity index (χ1) is 12.6. The third-order valence-electron chi connectivity index (χ3n) is 3.97. The van der Waals surface area contributed by atoms with Gasteiger partial charge in [-0.1, -0.05) is 29.8 Å². The molecule has 0 spiro atoms. The van der Waals surface area contributed by atoms with Gasteiger partial charge in [0.1, 0.15) is 0 Å². The number of rotatable bonds is 6. The van der Waals surface area contributed by atoms with Crippen LogP contribution in [0.15, 0.2) is 54.7 Å². The van der Waals surface area contributed by atoms with E-state index in [1.54, 1.807) is 30.5 Å². The number of aromatic nitrogens is 1. The van der Waals surface area contributed by atoms with Crippen molar-refractivity contribution in [2.45, 2.75) is 13.0 Å². The molecule has 0 saturated carbocycles. The Morgan fingerprint density at radius 2 is 1.85 bits per heavy atom. The lowest BCUT2D eigenvalue weighted by atomic mass is 10.1. The largest absolute Gasteiger partial charge is 0.454 e. The summed E-state index contributed by atoms with van der Waals surface area (Å²) in [6, 6.07) is 15.8. The summed E-state index contributed by atoms with van der Waals surface area (Å²) in [6.45, 7) is 0.141. The third-order valence-corrected chi connectivity index (χ3v) is 4.22. The topological polar surface area (TPSA) is 72.1 Å². The first-order valence-corrected chi connectivity index (χ1v) is 8.38. The zero-order chi connectivity index (χ0) is 18.5. The van der Waals surface area contributed by atoms with Gasteiger partial charge in [0.15, 0.2) is 6.61 Å². The van der Waals surface area contributed by atoms with E-state index in [0.29, 0.717) is 29.1 Å². The van der Waals surface area contributed by atoms with Crippen LogP contribution < -0.4 is 0 Å². The Bertz CT molecular complexity index is 1000. The second-order valence-electron chi connectivity index (χ2n) is 5.67. The van der Waals surface area contributed by atoms with Crippen molar-refractivity contribution in [3.8, 4) is 6.07 Å². The molecular weight excluding hydrogens is 352 g/mol.